The van der Waals surface area contributed by atoms with Gasteiger partial charge in [0.1, 0.15) is 5.00 Å². The molecule has 1 aromatic heterocycles. The molecule has 0 saturated carbocycles. The van der Waals surface area contributed by atoms with Gasteiger partial charge in [-0.1, -0.05) is 18.2 Å². The van der Waals surface area contributed by atoms with Crippen LogP contribution < -0.4 is 10.0 Å². The Morgan fingerprint density at radius 1 is 1.04 bits per heavy atom. The first kappa shape index (κ1) is 13.6. The summed E-state index contributed by atoms with van der Waals surface area (Å²) < 4.78 is 4.23. The highest BCUT2D eigenvalue weighted by Crippen LogP contribution is 2.36. The Morgan fingerprint density at radius 2 is 1.78 bits per heavy atom. The molecule has 112 valence electrons. The fraction of sp³-hybridized carbons (Fsp3) is 0. The number of aromatic carboxylic acids is 1. The van der Waals surface area contributed by atoms with Crippen LogP contribution in [0.5, 0.6) is 0 Å². The van der Waals surface area contributed by atoms with E-state index in [1.54, 1.807) is 18.2 Å². The van der Waals surface area contributed by atoms with Gasteiger partial charge in [-0.25, -0.2) is 4.90 Å². The summed E-state index contributed by atoms with van der Waals surface area (Å²) in [6.45, 7) is 0. The standard InChI is InChI=1S/C16H8N2O4S/c19-13-9-6-5-8(16(21)22)7-11(9)14(20)18(13)15-10-3-1-2-4-12(10)17-23-15/h1-7H,(H,21,22)/p-1. The Bertz CT molecular complexity index is 1010. The predicted molar refractivity (Wildman–Crippen MR) is 81.5 cm³/mol. The van der Waals surface area contributed by atoms with Crippen molar-refractivity contribution in [3.8, 4) is 0 Å². The van der Waals surface area contributed by atoms with Crippen molar-refractivity contribution in [3.05, 3.63) is 59.2 Å². The molecule has 2 heterocycles. The molecule has 1 aliphatic heterocycles. The van der Waals surface area contributed by atoms with Gasteiger partial charge >= 0.3 is 0 Å². The van der Waals surface area contributed by atoms with Crippen LogP contribution in [-0.2, 0) is 0 Å². The minimum Gasteiger partial charge on any atom is -0.545 e. The van der Waals surface area contributed by atoms with Gasteiger partial charge in [-0.15, -0.1) is 0 Å². The number of amides is 2. The number of carbonyl (C=O) groups is 3. The van der Waals surface area contributed by atoms with E-state index >= 15 is 0 Å². The van der Waals surface area contributed by atoms with E-state index in [0.717, 1.165) is 16.4 Å². The Hall–Kier alpha value is -3.06. The molecule has 0 saturated heterocycles. The van der Waals surface area contributed by atoms with E-state index in [1.807, 2.05) is 6.07 Å². The molecule has 6 nitrogen and oxygen atoms in total. The van der Waals surface area contributed by atoms with Crippen molar-refractivity contribution in [2.24, 2.45) is 0 Å². The van der Waals surface area contributed by atoms with Gasteiger partial charge in [-0.2, -0.15) is 4.37 Å². The third-order valence-electron chi connectivity index (χ3n) is 3.69. The van der Waals surface area contributed by atoms with Crippen molar-refractivity contribution in [2.45, 2.75) is 0 Å². The third kappa shape index (κ3) is 1.87. The third-order valence-corrected chi connectivity index (χ3v) is 4.55. The zero-order valence-electron chi connectivity index (χ0n) is 11.5. The summed E-state index contributed by atoms with van der Waals surface area (Å²) in [5.41, 5.74) is 0.798. The Kier molecular flexibility index (Phi) is 2.79. The zero-order chi connectivity index (χ0) is 16.1. The Labute approximate surface area is 133 Å². The highest BCUT2D eigenvalue weighted by Gasteiger charge is 2.38. The van der Waals surface area contributed by atoms with Crippen LogP contribution in [0.2, 0.25) is 0 Å². The number of benzene rings is 2. The first-order chi connectivity index (χ1) is 11.1. The number of rotatable bonds is 2. The van der Waals surface area contributed by atoms with Gasteiger partial charge in [0.25, 0.3) is 11.8 Å². The lowest BCUT2D eigenvalue weighted by Crippen LogP contribution is -2.28. The minimum atomic E-state index is -1.39. The van der Waals surface area contributed by atoms with Gasteiger partial charge in [0.2, 0.25) is 0 Å². The summed E-state index contributed by atoms with van der Waals surface area (Å²) in [4.78, 5) is 37.1. The fourth-order valence-corrected chi connectivity index (χ4v) is 3.45. The highest BCUT2D eigenvalue weighted by molar-refractivity contribution is 7.12. The Morgan fingerprint density at radius 3 is 2.57 bits per heavy atom. The number of carbonyl (C=O) groups excluding carboxylic acids is 3. The van der Waals surface area contributed by atoms with Crippen molar-refractivity contribution in [1.29, 1.82) is 0 Å². The summed E-state index contributed by atoms with van der Waals surface area (Å²) in [5.74, 6) is -2.43. The highest BCUT2D eigenvalue weighted by atomic mass is 32.1. The van der Waals surface area contributed by atoms with Crippen LogP contribution in [0.4, 0.5) is 5.00 Å². The Balaban J connectivity index is 1.87. The molecule has 0 bridgehead atoms. The van der Waals surface area contributed by atoms with E-state index < -0.39 is 17.8 Å². The first-order valence-electron chi connectivity index (χ1n) is 6.66. The van der Waals surface area contributed by atoms with E-state index in [1.165, 1.54) is 18.2 Å². The van der Waals surface area contributed by atoms with Crippen LogP contribution >= 0.6 is 11.5 Å². The van der Waals surface area contributed by atoms with Gasteiger partial charge in [-0.3, -0.25) is 9.59 Å². The van der Waals surface area contributed by atoms with Gasteiger partial charge in [0, 0.05) is 5.39 Å². The molecule has 0 aliphatic carbocycles. The lowest BCUT2D eigenvalue weighted by Gasteiger charge is -2.10. The number of nitrogens with zero attached hydrogens (tertiary/aromatic N) is 2. The summed E-state index contributed by atoms with van der Waals surface area (Å²) in [6.07, 6.45) is 0. The zero-order valence-corrected chi connectivity index (χ0v) is 12.3. The number of fused-ring (bicyclic) bond motifs is 2. The van der Waals surface area contributed by atoms with Crippen LogP contribution in [0, 0.1) is 0 Å². The summed E-state index contributed by atoms with van der Waals surface area (Å²) in [7, 11) is 0. The summed E-state index contributed by atoms with van der Waals surface area (Å²) >= 11 is 1.05. The molecular formula is C16H7N2O4S-. The number of aromatic nitrogens is 1. The SMILES string of the molecule is O=C([O-])c1ccc2c(c1)C(=O)N(c1snc3ccccc13)C2=O. The second-order valence-electron chi connectivity index (χ2n) is 5.00. The summed E-state index contributed by atoms with van der Waals surface area (Å²) in [6, 6.07) is 11.0. The molecule has 0 radical (unpaired) electrons. The van der Waals surface area contributed by atoms with Gasteiger partial charge < -0.3 is 9.90 Å². The topological polar surface area (TPSA) is 90.4 Å². The van der Waals surface area contributed by atoms with E-state index in [2.05, 4.69) is 4.37 Å². The molecule has 4 rings (SSSR count). The van der Waals surface area contributed by atoms with Gasteiger partial charge in [0.05, 0.1) is 22.6 Å². The predicted octanol–water partition coefficient (Wildman–Crippen LogP) is 1.46. The van der Waals surface area contributed by atoms with Crippen molar-refractivity contribution in [2.75, 3.05) is 4.90 Å². The average Bonchev–Trinajstić information content (AvgIpc) is 3.07. The second-order valence-corrected chi connectivity index (χ2v) is 5.75. The molecule has 0 N–H and O–H groups in total. The fourth-order valence-electron chi connectivity index (χ4n) is 2.59. The second kappa shape index (κ2) is 4.72. The minimum absolute atomic E-state index is 0.0641. The molecule has 0 fully saturated rings. The molecule has 1 aliphatic rings. The van der Waals surface area contributed by atoms with Crippen molar-refractivity contribution < 1.29 is 19.5 Å². The molecule has 0 unspecified atom stereocenters. The normalized spacial score (nSPS) is 13.7. The maximum absolute atomic E-state index is 12.6. The number of carboxylic acids is 1. The van der Waals surface area contributed by atoms with Crippen molar-refractivity contribution >= 4 is 45.2 Å². The van der Waals surface area contributed by atoms with Crippen LogP contribution in [0.25, 0.3) is 10.9 Å². The molecule has 2 amide bonds. The molecule has 3 aromatic rings. The quantitative estimate of drug-likeness (QED) is 0.666. The number of hydrogen-bond acceptors (Lipinski definition) is 6. The van der Waals surface area contributed by atoms with E-state index in [9.17, 15) is 19.5 Å². The van der Waals surface area contributed by atoms with Crippen LogP contribution in [0.1, 0.15) is 31.1 Å². The van der Waals surface area contributed by atoms with Crippen LogP contribution in [0.15, 0.2) is 42.5 Å². The number of hydrogen-bond donors (Lipinski definition) is 0. The van der Waals surface area contributed by atoms with Gasteiger partial charge in [-0.05, 0) is 41.4 Å². The largest absolute Gasteiger partial charge is 0.545 e. The monoisotopic (exact) mass is 323 g/mol. The molecular weight excluding hydrogens is 316 g/mol. The van der Waals surface area contributed by atoms with Crippen LogP contribution in [0.3, 0.4) is 0 Å². The lowest BCUT2D eigenvalue weighted by atomic mass is 10.1. The first-order valence-corrected chi connectivity index (χ1v) is 7.44. The summed E-state index contributed by atoms with van der Waals surface area (Å²) in [5, 5.41) is 12.1. The van der Waals surface area contributed by atoms with Crippen molar-refractivity contribution in [1.82, 2.24) is 4.37 Å². The smallest absolute Gasteiger partial charge is 0.266 e. The molecule has 7 heteroatoms. The van der Waals surface area contributed by atoms with Crippen LogP contribution in [-0.4, -0.2) is 22.2 Å². The number of anilines is 1. The molecule has 0 spiro atoms. The van der Waals surface area contributed by atoms with Crippen molar-refractivity contribution in [3.63, 3.8) is 0 Å². The number of carboxylic acid groups (broad SMARTS) is 1. The van der Waals surface area contributed by atoms with Gasteiger partial charge in [0.15, 0.2) is 0 Å². The van der Waals surface area contributed by atoms with E-state index in [4.69, 9.17) is 0 Å². The maximum atomic E-state index is 12.6. The average molecular weight is 323 g/mol. The molecule has 0 atom stereocenters. The van der Waals surface area contributed by atoms with E-state index in [-0.39, 0.29) is 16.7 Å². The molecule has 2 aromatic carbocycles. The lowest BCUT2D eigenvalue weighted by molar-refractivity contribution is -0.255. The molecule has 23 heavy (non-hydrogen) atoms. The van der Waals surface area contributed by atoms with E-state index in [0.29, 0.717) is 15.9 Å². The number of imide groups is 1. The maximum Gasteiger partial charge on any atom is 0.266 e.